The number of pyridine rings is 1. The molecule has 0 aliphatic heterocycles. The number of nitrogens with zero attached hydrogens (tertiary/aromatic N) is 1. The van der Waals surface area contributed by atoms with Crippen molar-refractivity contribution >= 4 is 5.91 Å². The van der Waals surface area contributed by atoms with Crippen LogP contribution in [0.25, 0.3) is 0 Å². The lowest BCUT2D eigenvalue weighted by Crippen LogP contribution is -2.24. The molecule has 0 atom stereocenters. The van der Waals surface area contributed by atoms with Crippen LogP contribution < -0.4 is 15.4 Å². The Morgan fingerprint density at radius 1 is 1.00 bits per heavy atom. The van der Waals surface area contributed by atoms with Gasteiger partial charge in [-0.25, -0.2) is 0 Å². The van der Waals surface area contributed by atoms with E-state index in [1.165, 1.54) is 0 Å². The van der Waals surface area contributed by atoms with Crippen molar-refractivity contribution in [2.75, 3.05) is 6.54 Å². The second kappa shape index (κ2) is 11.0. The van der Waals surface area contributed by atoms with Gasteiger partial charge in [-0.2, -0.15) is 0 Å². The van der Waals surface area contributed by atoms with Crippen LogP contribution in [0.1, 0.15) is 40.4 Å². The Bertz CT molecular complexity index is 913. The van der Waals surface area contributed by atoms with Gasteiger partial charge >= 0.3 is 0 Å². The first-order valence-electron chi connectivity index (χ1n) is 9.93. The topological polar surface area (TPSA) is 63.2 Å². The number of amides is 1. The monoisotopic (exact) mass is 389 g/mol. The lowest BCUT2D eigenvalue weighted by Gasteiger charge is -2.12. The quantitative estimate of drug-likeness (QED) is 0.548. The van der Waals surface area contributed by atoms with E-state index in [0.717, 1.165) is 28.9 Å². The third-order valence-corrected chi connectivity index (χ3v) is 4.46. The summed E-state index contributed by atoms with van der Waals surface area (Å²) in [6.07, 6.45) is 4.49. The first-order valence-corrected chi connectivity index (χ1v) is 9.93. The lowest BCUT2D eigenvalue weighted by atomic mass is 10.1. The van der Waals surface area contributed by atoms with E-state index in [1.54, 1.807) is 6.20 Å². The van der Waals surface area contributed by atoms with Crippen LogP contribution in [0.5, 0.6) is 5.75 Å². The molecule has 0 radical (unpaired) electrons. The molecule has 0 saturated heterocycles. The smallest absolute Gasteiger partial charge is 0.251 e. The van der Waals surface area contributed by atoms with E-state index in [-0.39, 0.29) is 5.91 Å². The number of ether oxygens (including phenoxy) is 1. The predicted octanol–water partition coefficient (Wildman–Crippen LogP) is 4.09. The van der Waals surface area contributed by atoms with Gasteiger partial charge in [0, 0.05) is 48.7 Å². The molecule has 0 bridgehead atoms. The van der Waals surface area contributed by atoms with E-state index in [0.29, 0.717) is 31.8 Å². The van der Waals surface area contributed by atoms with Gasteiger partial charge in [-0.3, -0.25) is 9.78 Å². The van der Waals surface area contributed by atoms with Gasteiger partial charge in [0.25, 0.3) is 5.91 Å². The molecule has 0 fully saturated rings. The van der Waals surface area contributed by atoms with Crippen molar-refractivity contribution in [3.63, 3.8) is 0 Å². The van der Waals surface area contributed by atoms with Crippen molar-refractivity contribution in [3.05, 3.63) is 95.3 Å². The fourth-order valence-electron chi connectivity index (χ4n) is 2.94. The van der Waals surface area contributed by atoms with Gasteiger partial charge in [0.05, 0.1) is 0 Å². The molecule has 2 N–H and O–H groups in total. The Kier molecular flexibility index (Phi) is 7.78. The Balaban J connectivity index is 1.55. The van der Waals surface area contributed by atoms with Crippen molar-refractivity contribution in [3.8, 4) is 5.75 Å². The predicted molar refractivity (Wildman–Crippen MR) is 115 cm³/mol. The summed E-state index contributed by atoms with van der Waals surface area (Å²) in [6.45, 7) is 4.57. The average molecular weight is 389 g/mol. The summed E-state index contributed by atoms with van der Waals surface area (Å²) in [5, 5.41) is 6.35. The maximum Gasteiger partial charge on any atom is 0.251 e. The normalized spacial score (nSPS) is 10.5. The molecule has 5 heteroatoms. The molecule has 150 valence electrons. The number of benzene rings is 2. The molecular weight excluding hydrogens is 362 g/mol. The highest BCUT2D eigenvalue weighted by Crippen LogP contribution is 2.19. The van der Waals surface area contributed by atoms with Crippen molar-refractivity contribution in [1.82, 2.24) is 15.6 Å². The van der Waals surface area contributed by atoms with Crippen molar-refractivity contribution in [2.45, 2.75) is 33.0 Å². The van der Waals surface area contributed by atoms with E-state index in [4.69, 9.17) is 4.74 Å². The lowest BCUT2D eigenvalue weighted by molar-refractivity contribution is 0.0953. The molecule has 1 aromatic heterocycles. The molecule has 1 heterocycles. The highest BCUT2D eigenvalue weighted by molar-refractivity contribution is 5.94. The molecular formula is C24H27N3O2. The maximum absolute atomic E-state index is 12.1. The van der Waals surface area contributed by atoms with Gasteiger partial charge in [-0.05, 0) is 36.2 Å². The van der Waals surface area contributed by atoms with Crippen LogP contribution in [0.3, 0.4) is 0 Å². The minimum Gasteiger partial charge on any atom is -0.489 e. The zero-order valence-electron chi connectivity index (χ0n) is 16.7. The fourth-order valence-corrected chi connectivity index (χ4v) is 2.94. The molecule has 0 aliphatic rings. The Morgan fingerprint density at radius 3 is 2.69 bits per heavy atom. The first-order chi connectivity index (χ1) is 14.3. The standard InChI is InChI=1S/C24H27N3O2/c1-2-12-27-24(28)21-10-5-7-19(14-21)15-26-17-22-9-3-4-11-23(22)29-18-20-8-6-13-25-16-20/h3-11,13-14,16,26H,2,12,15,17-18H2,1H3,(H,27,28). The zero-order valence-corrected chi connectivity index (χ0v) is 16.7. The molecule has 1 amide bonds. The largest absolute Gasteiger partial charge is 0.489 e. The van der Waals surface area contributed by atoms with E-state index >= 15 is 0 Å². The minimum atomic E-state index is -0.0251. The van der Waals surface area contributed by atoms with Crippen LogP contribution in [-0.4, -0.2) is 17.4 Å². The number of hydrogen-bond donors (Lipinski definition) is 2. The molecule has 0 unspecified atom stereocenters. The van der Waals surface area contributed by atoms with Gasteiger partial charge in [-0.15, -0.1) is 0 Å². The number of nitrogens with one attached hydrogen (secondary N) is 2. The molecule has 0 aliphatic carbocycles. The number of rotatable bonds is 10. The van der Waals surface area contributed by atoms with Crippen molar-refractivity contribution < 1.29 is 9.53 Å². The minimum absolute atomic E-state index is 0.0251. The summed E-state index contributed by atoms with van der Waals surface area (Å²) in [5.41, 5.74) is 3.89. The molecule has 0 spiro atoms. The third-order valence-electron chi connectivity index (χ3n) is 4.46. The summed E-state index contributed by atoms with van der Waals surface area (Å²) in [4.78, 5) is 16.2. The number of aromatic nitrogens is 1. The van der Waals surface area contributed by atoms with E-state index in [2.05, 4.69) is 21.7 Å². The zero-order chi connectivity index (χ0) is 20.3. The summed E-state index contributed by atoms with van der Waals surface area (Å²) < 4.78 is 5.98. The van der Waals surface area contributed by atoms with Crippen LogP contribution >= 0.6 is 0 Å². The number of para-hydroxylation sites is 1. The highest BCUT2D eigenvalue weighted by atomic mass is 16.5. The first kappa shape index (κ1) is 20.6. The second-order valence-electron chi connectivity index (χ2n) is 6.82. The van der Waals surface area contributed by atoms with Gasteiger partial charge in [0.1, 0.15) is 12.4 Å². The molecule has 2 aromatic carbocycles. The summed E-state index contributed by atoms with van der Waals surface area (Å²) >= 11 is 0. The van der Waals surface area contributed by atoms with Gasteiger partial charge in [-0.1, -0.05) is 43.3 Å². The second-order valence-corrected chi connectivity index (χ2v) is 6.82. The molecule has 5 nitrogen and oxygen atoms in total. The molecule has 0 saturated carbocycles. The number of hydrogen-bond acceptors (Lipinski definition) is 4. The van der Waals surface area contributed by atoms with E-state index in [9.17, 15) is 4.79 Å². The van der Waals surface area contributed by atoms with Gasteiger partial charge in [0.2, 0.25) is 0 Å². The summed E-state index contributed by atoms with van der Waals surface area (Å²) in [6, 6.07) is 19.6. The van der Waals surface area contributed by atoms with Crippen molar-refractivity contribution in [2.24, 2.45) is 0 Å². The van der Waals surface area contributed by atoms with Crippen LogP contribution in [-0.2, 0) is 19.7 Å². The van der Waals surface area contributed by atoms with E-state index in [1.807, 2.05) is 67.7 Å². The molecule has 3 rings (SSSR count). The number of carbonyl (C=O) groups is 1. The van der Waals surface area contributed by atoms with Crippen LogP contribution in [0.4, 0.5) is 0 Å². The summed E-state index contributed by atoms with van der Waals surface area (Å²) in [7, 11) is 0. The Hall–Kier alpha value is -3.18. The van der Waals surface area contributed by atoms with Crippen LogP contribution in [0.2, 0.25) is 0 Å². The summed E-state index contributed by atoms with van der Waals surface area (Å²) in [5.74, 6) is 0.833. The average Bonchev–Trinajstić information content (AvgIpc) is 2.77. The maximum atomic E-state index is 12.1. The molecule has 29 heavy (non-hydrogen) atoms. The third kappa shape index (κ3) is 6.43. The van der Waals surface area contributed by atoms with Gasteiger partial charge < -0.3 is 15.4 Å². The van der Waals surface area contributed by atoms with Crippen molar-refractivity contribution in [1.29, 1.82) is 0 Å². The van der Waals surface area contributed by atoms with Crippen LogP contribution in [0.15, 0.2) is 73.1 Å². The SMILES string of the molecule is CCCNC(=O)c1cccc(CNCc2ccccc2OCc2cccnc2)c1. The highest BCUT2D eigenvalue weighted by Gasteiger charge is 2.06. The Labute approximate surface area is 172 Å². The van der Waals surface area contributed by atoms with Crippen LogP contribution in [0, 0.1) is 0 Å². The molecule has 3 aromatic rings. The fraction of sp³-hybridized carbons (Fsp3) is 0.250. The Morgan fingerprint density at radius 2 is 1.86 bits per heavy atom. The number of carbonyl (C=O) groups excluding carboxylic acids is 1. The van der Waals surface area contributed by atoms with Gasteiger partial charge in [0.15, 0.2) is 0 Å². The van der Waals surface area contributed by atoms with E-state index < -0.39 is 0 Å².